The van der Waals surface area contributed by atoms with Crippen molar-refractivity contribution in [2.75, 3.05) is 13.7 Å². The van der Waals surface area contributed by atoms with E-state index in [0.717, 1.165) is 16.9 Å². The van der Waals surface area contributed by atoms with E-state index in [1.165, 1.54) is 0 Å². The van der Waals surface area contributed by atoms with Gasteiger partial charge in [0, 0.05) is 11.1 Å². The smallest absolute Gasteiger partial charge is 0.407 e. The summed E-state index contributed by atoms with van der Waals surface area (Å²) < 4.78 is 9.81. The molecule has 1 saturated heterocycles. The maximum atomic E-state index is 11.1. The van der Waals surface area contributed by atoms with Crippen LogP contribution in [0.3, 0.4) is 0 Å². The highest BCUT2D eigenvalue weighted by molar-refractivity contribution is 5.70. The molecule has 1 heterocycles. The third-order valence-electron chi connectivity index (χ3n) is 4.33. The summed E-state index contributed by atoms with van der Waals surface area (Å²) in [5.41, 5.74) is 3.04. The van der Waals surface area contributed by atoms with Crippen LogP contribution in [0.1, 0.15) is 28.3 Å². The van der Waals surface area contributed by atoms with Crippen LogP contribution < -0.4 is 10.1 Å². The molecule has 0 radical (unpaired) electrons. The fourth-order valence-corrected chi connectivity index (χ4v) is 2.78. The molecule has 1 fully saturated rings. The molecule has 0 saturated carbocycles. The summed E-state index contributed by atoms with van der Waals surface area (Å²) in [4.78, 5) is 11.1. The Morgan fingerprint density at radius 3 is 2.33 bits per heavy atom. The van der Waals surface area contributed by atoms with E-state index >= 15 is 0 Å². The minimum absolute atomic E-state index is 0.138. The van der Waals surface area contributed by atoms with Crippen molar-refractivity contribution < 1.29 is 14.3 Å². The first-order chi connectivity index (χ1) is 14.7. The van der Waals surface area contributed by atoms with Crippen molar-refractivity contribution in [2.45, 2.75) is 6.04 Å². The topological polar surface area (TPSA) is 71.3 Å². The van der Waals surface area contributed by atoms with Crippen LogP contribution in [0.25, 0.3) is 0 Å². The van der Waals surface area contributed by atoms with Crippen molar-refractivity contribution in [3.05, 3.63) is 101 Å². The lowest BCUT2D eigenvalue weighted by atomic mass is 10.0. The minimum atomic E-state index is -0.399. The Morgan fingerprint density at radius 2 is 1.70 bits per heavy atom. The van der Waals surface area contributed by atoms with Gasteiger partial charge >= 0.3 is 6.09 Å². The monoisotopic (exact) mass is 396 g/mol. The average Bonchev–Trinajstić information content (AvgIpc) is 3.25. The molecule has 3 aromatic rings. The van der Waals surface area contributed by atoms with Crippen LogP contribution in [0, 0.1) is 23.2 Å². The molecule has 0 aromatic heterocycles. The summed E-state index contributed by atoms with van der Waals surface area (Å²) >= 11 is 0. The van der Waals surface area contributed by atoms with Gasteiger partial charge in [-0.05, 0) is 42.0 Å². The SMILES string of the molecule is COc1ccccc1.N#Cc1ccccc1C#Cc1cccc([C@@H]2COC(=O)N2)c1. The number of hydrogen-bond donors (Lipinski definition) is 1. The van der Waals surface area contributed by atoms with Gasteiger partial charge in [-0.25, -0.2) is 4.79 Å². The predicted octanol–water partition coefficient (Wildman–Crippen LogP) is 4.43. The molecule has 0 unspecified atom stereocenters. The molecule has 1 N–H and O–H groups in total. The van der Waals surface area contributed by atoms with Crippen LogP contribution in [0.15, 0.2) is 78.9 Å². The lowest BCUT2D eigenvalue weighted by Crippen LogP contribution is -2.18. The number of cyclic esters (lactones) is 1. The Kier molecular flexibility index (Phi) is 7.08. The second-order valence-electron chi connectivity index (χ2n) is 6.35. The zero-order valence-electron chi connectivity index (χ0n) is 16.5. The fraction of sp³-hybridized carbons (Fsp3) is 0.120. The van der Waals surface area contributed by atoms with Crippen molar-refractivity contribution in [1.82, 2.24) is 5.32 Å². The molecule has 1 atom stereocenters. The van der Waals surface area contributed by atoms with Gasteiger partial charge in [-0.15, -0.1) is 0 Å². The van der Waals surface area contributed by atoms with E-state index in [1.807, 2.05) is 72.8 Å². The van der Waals surface area contributed by atoms with Crippen molar-refractivity contribution >= 4 is 6.09 Å². The maximum Gasteiger partial charge on any atom is 0.407 e. The molecular formula is C25H20N2O3. The number of nitriles is 1. The van der Waals surface area contributed by atoms with Gasteiger partial charge < -0.3 is 14.8 Å². The number of hydrogen-bond acceptors (Lipinski definition) is 4. The number of nitrogens with one attached hydrogen (secondary N) is 1. The van der Waals surface area contributed by atoms with E-state index in [0.29, 0.717) is 17.7 Å². The van der Waals surface area contributed by atoms with Gasteiger partial charge in [0.1, 0.15) is 18.4 Å². The molecule has 4 rings (SSSR count). The van der Waals surface area contributed by atoms with Gasteiger partial charge in [-0.1, -0.05) is 54.3 Å². The zero-order valence-corrected chi connectivity index (χ0v) is 16.5. The lowest BCUT2D eigenvalue weighted by molar-refractivity contribution is 0.177. The van der Waals surface area contributed by atoms with E-state index < -0.39 is 6.09 Å². The first-order valence-corrected chi connectivity index (χ1v) is 9.33. The van der Waals surface area contributed by atoms with Crippen LogP contribution in [0.4, 0.5) is 4.79 Å². The average molecular weight is 396 g/mol. The van der Waals surface area contributed by atoms with Crippen LogP contribution in [-0.4, -0.2) is 19.8 Å². The minimum Gasteiger partial charge on any atom is -0.497 e. The van der Waals surface area contributed by atoms with Gasteiger partial charge in [0.2, 0.25) is 0 Å². The number of benzene rings is 3. The highest BCUT2D eigenvalue weighted by atomic mass is 16.6. The molecule has 5 nitrogen and oxygen atoms in total. The predicted molar refractivity (Wildman–Crippen MR) is 114 cm³/mol. The standard InChI is InChI=1S/C18H12N2O2.C7H8O/c19-11-16-6-2-1-5-14(16)9-8-13-4-3-7-15(10-13)17-12-22-18(21)20-17;1-8-7-5-3-2-4-6-7/h1-7,10,17H,12H2,(H,20,21);2-6H,1H3/t17-;/m0./s1. The highest BCUT2D eigenvalue weighted by Gasteiger charge is 2.23. The third kappa shape index (κ3) is 5.64. The number of para-hydroxylation sites is 1. The number of rotatable bonds is 2. The number of carbonyl (C=O) groups excluding carboxylic acids is 1. The molecule has 148 valence electrons. The number of methoxy groups -OCH3 is 1. The molecule has 0 spiro atoms. The normalized spacial score (nSPS) is 14.0. The van der Waals surface area contributed by atoms with Crippen LogP contribution in [-0.2, 0) is 4.74 Å². The zero-order chi connectivity index (χ0) is 21.2. The summed E-state index contributed by atoms with van der Waals surface area (Å²) in [7, 11) is 1.66. The Balaban J connectivity index is 0.000000269. The first kappa shape index (κ1) is 20.5. The summed E-state index contributed by atoms with van der Waals surface area (Å²) in [6.07, 6.45) is -0.399. The molecule has 0 aliphatic carbocycles. The number of alkyl carbamates (subject to hydrolysis) is 1. The molecule has 5 heteroatoms. The summed E-state index contributed by atoms with van der Waals surface area (Å²) in [6.45, 7) is 0.326. The number of nitrogens with zero attached hydrogens (tertiary/aromatic N) is 1. The van der Waals surface area contributed by atoms with E-state index in [9.17, 15) is 4.79 Å². The van der Waals surface area contributed by atoms with Crippen LogP contribution in [0.5, 0.6) is 5.75 Å². The van der Waals surface area contributed by atoms with Gasteiger partial charge in [-0.2, -0.15) is 5.26 Å². The van der Waals surface area contributed by atoms with E-state index in [-0.39, 0.29) is 6.04 Å². The quantitative estimate of drug-likeness (QED) is 0.651. The molecule has 1 aliphatic heterocycles. The Morgan fingerprint density at radius 1 is 0.967 bits per heavy atom. The summed E-state index contributed by atoms with van der Waals surface area (Å²) in [6, 6.07) is 26.5. The van der Waals surface area contributed by atoms with Gasteiger partial charge in [0.15, 0.2) is 0 Å². The van der Waals surface area contributed by atoms with E-state index in [2.05, 4.69) is 23.2 Å². The largest absolute Gasteiger partial charge is 0.497 e. The van der Waals surface area contributed by atoms with Crippen molar-refractivity contribution in [1.29, 1.82) is 5.26 Å². The highest BCUT2D eigenvalue weighted by Crippen LogP contribution is 2.19. The van der Waals surface area contributed by atoms with Crippen molar-refractivity contribution in [2.24, 2.45) is 0 Å². The number of ether oxygens (including phenoxy) is 2. The van der Waals surface area contributed by atoms with Gasteiger partial charge in [-0.3, -0.25) is 0 Å². The summed E-state index contributed by atoms with van der Waals surface area (Å²) in [5, 5.41) is 11.8. The molecule has 1 aliphatic rings. The first-order valence-electron chi connectivity index (χ1n) is 9.33. The van der Waals surface area contributed by atoms with Crippen molar-refractivity contribution in [3.63, 3.8) is 0 Å². The van der Waals surface area contributed by atoms with Gasteiger partial charge in [0.25, 0.3) is 0 Å². The summed E-state index contributed by atoms with van der Waals surface area (Å²) in [5.74, 6) is 6.98. The fourth-order valence-electron chi connectivity index (χ4n) is 2.78. The van der Waals surface area contributed by atoms with E-state index in [4.69, 9.17) is 14.7 Å². The van der Waals surface area contributed by atoms with Crippen molar-refractivity contribution in [3.8, 4) is 23.7 Å². The molecule has 1 amide bonds. The second kappa shape index (κ2) is 10.4. The Labute approximate surface area is 175 Å². The van der Waals surface area contributed by atoms with E-state index in [1.54, 1.807) is 13.2 Å². The third-order valence-corrected chi connectivity index (χ3v) is 4.33. The van der Waals surface area contributed by atoms with Gasteiger partial charge in [0.05, 0.1) is 18.7 Å². The molecular weight excluding hydrogens is 376 g/mol. The maximum absolute atomic E-state index is 11.1. The second-order valence-corrected chi connectivity index (χ2v) is 6.35. The molecule has 3 aromatic carbocycles. The van der Waals surface area contributed by atoms with Crippen LogP contribution in [0.2, 0.25) is 0 Å². The van der Waals surface area contributed by atoms with Crippen LogP contribution >= 0.6 is 0 Å². The lowest BCUT2D eigenvalue weighted by Gasteiger charge is -2.07. The molecule has 0 bridgehead atoms. The Hall–Kier alpha value is -4.22. The number of carbonyl (C=O) groups is 1. The number of amides is 1. The molecule has 30 heavy (non-hydrogen) atoms. The Bertz CT molecular complexity index is 1110.